The first-order valence-electron chi connectivity index (χ1n) is 5.68. The van der Waals surface area contributed by atoms with Gasteiger partial charge >= 0.3 is 0 Å². The fourth-order valence-corrected chi connectivity index (χ4v) is 1.62. The van der Waals surface area contributed by atoms with Gasteiger partial charge in [-0.25, -0.2) is 4.68 Å². The topological polar surface area (TPSA) is 67.2 Å². The lowest BCUT2D eigenvalue weighted by Crippen LogP contribution is -2.18. The first-order chi connectivity index (χ1) is 8.61. The molecule has 1 aromatic heterocycles. The summed E-state index contributed by atoms with van der Waals surface area (Å²) < 4.78 is 1.62. The third kappa shape index (κ3) is 2.41. The standard InChI is InChI=1S/C13H15N3O2/c1-9(17)10-3-5-11(6-4-10)16-8-7-12(15-16)13(18)14-2/h3-9,17H,1-2H3,(H,14,18). The lowest BCUT2D eigenvalue weighted by Gasteiger charge is -2.06. The molecule has 0 radical (unpaired) electrons. The number of rotatable bonds is 3. The predicted octanol–water partition coefficient (Wildman–Crippen LogP) is 1.29. The van der Waals surface area contributed by atoms with Crippen LogP contribution < -0.4 is 5.32 Å². The van der Waals surface area contributed by atoms with Gasteiger partial charge in [0, 0.05) is 13.2 Å². The minimum Gasteiger partial charge on any atom is -0.389 e. The second-order valence-electron chi connectivity index (χ2n) is 3.99. The molecular formula is C13H15N3O2. The first kappa shape index (κ1) is 12.3. The summed E-state index contributed by atoms with van der Waals surface area (Å²) in [5, 5.41) is 16.1. The molecule has 0 aliphatic heterocycles. The monoisotopic (exact) mass is 245 g/mol. The lowest BCUT2D eigenvalue weighted by molar-refractivity contribution is 0.0957. The maximum atomic E-state index is 11.4. The van der Waals surface area contributed by atoms with Crippen molar-refractivity contribution in [3.8, 4) is 5.69 Å². The predicted molar refractivity (Wildman–Crippen MR) is 67.6 cm³/mol. The van der Waals surface area contributed by atoms with E-state index in [9.17, 15) is 9.90 Å². The molecule has 0 saturated carbocycles. The van der Waals surface area contributed by atoms with Crippen LogP contribution in [0.1, 0.15) is 29.1 Å². The Morgan fingerprint density at radius 1 is 1.33 bits per heavy atom. The lowest BCUT2D eigenvalue weighted by atomic mass is 10.1. The molecule has 1 aromatic carbocycles. The van der Waals surface area contributed by atoms with Gasteiger partial charge in [0.15, 0.2) is 5.69 Å². The van der Waals surface area contributed by atoms with Gasteiger partial charge in [-0.3, -0.25) is 4.79 Å². The molecule has 0 aliphatic rings. The molecule has 18 heavy (non-hydrogen) atoms. The van der Waals surface area contributed by atoms with Crippen LogP contribution in [0.2, 0.25) is 0 Å². The van der Waals surface area contributed by atoms with Crippen LogP contribution in [0, 0.1) is 0 Å². The summed E-state index contributed by atoms with van der Waals surface area (Å²) in [4.78, 5) is 11.4. The number of carbonyl (C=O) groups is 1. The number of aromatic nitrogens is 2. The quantitative estimate of drug-likeness (QED) is 0.856. The van der Waals surface area contributed by atoms with Gasteiger partial charge in [0.2, 0.25) is 0 Å². The molecule has 0 spiro atoms. The summed E-state index contributed by atoms with van der Waals surface area (Å²) in [5.74, 6) is -0.214. The maximum Gasteiger partial charge on any atom is 0.271 e. The van der Waals surface area contributed by atoms with Crippen molar-refractivity contribution >= 4 is 5.91 Å². The molecule has 0 saturated heterocycles. The minimum absolute atomic E-state index is 0.214. The molecular weight excluding hydrogens is 230 g/mol. The van der Waals surface area contributed by atoms with Crippen molar-refractivity contribution in [1.29, 1.82) is 0 Å². The number of hydrogen-bond donors (Lipinski definition) is 2. The zero-order valence-electron chi connectivity index (χ0n) is 10.3. The van der Waals surface area contributed by atoms with E-state index in [0.717, 1.165) is 11.3 Å². The van der Waals surface area contributed by atoms with E-state index in [1.54, 1.807) is 30.9 Å². The molecule has 0 bridgehead atoms. The Labute approximate surface area is 105 Å². The van der Waals surface area contributed by atoms with Crippen molar-refractivity contribution in [2.24, 2.45) is 0 Å². The van der Waals surface area contributed by atoms with Crippen LogP contribution in [-0.2, 0) is 0 Å². The highest BCUT2D eigenvalue weighted by Gasteiger charge is 2.08. The van der Waals surface area contributed by atoms with Gasteiger partial charge in [-0.05, 0) is 30.7 Å². The Balaban J connectivity index is 2.26. The number of benzene rings is 1. The average molecular weight is 245 g/mol. The van der Waals surface area contributed by atoms with Gasteiger partial charge in [0.05, 0.1) is 11.8 Å². The molecule has 1 heterocycles. The molecule has 2 rings (SSSR count). The normalized spacial score (nSPS) is 12.2. The van der Waals surface area contributed by atoms with Crippen LogP contribution in [0.4, 0.5) is 0 Å². The highest BCUT2D eigenvalue weighted by atomic mass is 16.3. The summed E-state index contributed by atoms with van der Waals surface area (Å²) in [6.07, 6.45) is 1.24. The van der Waals surface area contributed by atoms with E-state index < -0.39 is 6.10 Å². The van der Waals surface area contributed by atoms with Crippen molar-refractivity contribution in [3.05, 3.63) is 47.8 Å². The smallest absolute Gasteiger partial charge is 0.271 e. The van der Waals surface area contributed by atoms with Crippen LogP contribution in [-0.4, -0.2) is 27.8 Å². The van der Waals surface area contributed by atoms with Gasteiger partial charge in [0.1, 0.15) is 0 Å². The Morgan fingerprint density at radius 3 is 2.56 bits per heavy atom. The number of nitrogens with zero attached hydrogens (tertiary/aromatic N) is 2. The number of amides is 1. The van der Waals surface area contributed by atoms with Crippen molar-refractivity contribution < 1.29 is 9.90 Å². The van der Waals surface area contributed by atoms with E-state index >= 15 is 0 Å². The van der Waals surface area contributed by atoms with Gasteiger partial charge in [-0.2, -0.15) is 5.10 Å². The van der Waals surface area contributed by atoms with Crippen LogP contribution in [0.15, 0.2) is 36.5 Å². The zero-order chi connectivity index (χ0) is 13.1. The molecule has 1 unspecified atom stereocenters. The molecule has 1 amide bonds. The summed E-state index contributed by atoms with van der Waals surface area (Å²) in [5.41, 5.74) is 2.06. The SMILES string of the molecule is CNC(=O)c1ccn(-c2ccc(C(C)O)cc2)n1. The van der Waals surface area contributed by atoms with Crippen molar-refractivity contribution in [2.45, 2.75) is 13.0 Å². The molecule has 2 N–H and O–H groups in total. The molecule has 0 fully saturated rings. The number of aliphatic hydroxyl groups excluding tert-OH is 1. The Kier molecular flexibility index (Phi) is 3.43. The van der Waals surface area contributed by atoms with E-state index in [2.05, 4.69) is 10.4 Å². The Bertz CT molecular complexity index is 544. The fourth-order valence-electron chi connectivity index (χ4n) is 1.62. The van der Waals surface area contributed by atoms with E-state index in [1.165, 1.54) is 0 Å². The second kappa shape index (κ2) is 5.01. The van der Waals surface area contributed by atoms with E-state index in [4.69, 9.17) is 0 Å². The Morgan fingerprint density at radius 2 is 2.00 bits per heavy atom. The van der Waals surface area contributed by atoms with Gasteiger partial charge in [-0.1, -0.05) is 12.1 Å². The van der Waals surface area contributed by atoms with Crippen LogP contribution in [0.5, 0.6) is 0 Å². The summed E-state index contributed by atoms with van der Waals surface area (Å²) in [6.45, 7) is 1.71. The molecule has 0 aliphatic carbocycles. The zero-order valence-corrected chi connectivity index (χ0v) is 10.3. The third-order valence-electron chi connectivity index (χ3n) is 2.69. The van der Waals surface area contributed by atoms with Crippen LogP contribution >= 0.6 is 0 Å². The largest absolute Gasteiger partial charge is 0.389 e. The van der Waals surface area contributed by atoms with Crippen molar-refractivity contribution in [1.82, 2.24) is 15.1 Å². The maximum absolute atomic E-state index is 11.4. The molecule has 1 atom stereocenters. The molecule has 5 nitrogen and oxygen atoms in total. The number of hydrogen-bond acceptors (Lipinski definition) is 3. The third-order valence-corrected chi connectivity index (χ3v) is 2.69. The summed E-state index contributed by atoms with van der Waals surface area (Å²) in [6, 6.07) is 9.02. The highest BCUT2D eigenvalue weighted by Crippen LogP contribution is 2.15. The highest BCUT2D eigenvalue weighted by molar-refractivity contribution is 5.91. The van der Waals surface area contributed by atoms with E-state index in [0.29, 0.717) is 5.69 Å². The molecule has 5 heteroatoms. The number of aliphatic hydroxyl groups is 1. The van der Waals surface area contributed by atoms with Gasteiger partial charge in [0.25, 0.3) is 5.91 Å². The fraction of sp³-hybridized carbons (Fsp3) is 0.231. The molecule has 94 valence electrons. The molecule has 2 aromatic rings. The second-order valence-corrected chi connectivity index (χ2v) is 3.99. The van der Waals surface area contributed by atoms with Crippen molar-refractivity contribution in [2.75, 3.05) is 7.05 Å². The Hall–Kier alpha value is -2.14. The van der Waals surface area contributed by atoms with Crippen LogP contribution in [0.25, 0.3) is 5.69 Å². The van der Waals surface area contributed by atoms with E-state index in [-0.39, 0.29) is 5.91 Å². The van der Waals surface area contributed by atoms with Crippen LogP contribution in [0.3, 0.4) is 0 Å². The average Bonchev–Trinajstić information content (AvgIpc) is 2.87. The number of nitrogens with one attached hydrogen (secondary N) is 1. The minimum atomic E-state index is -0.488. The van der Waals surface area contributed by atoms with Gasteiger partial charge in [-0.15, -0.1) is 0 Å². The van der Waals surface area contributed by atoms with Gasteiger partial charge < -0.3 is 10.4 Å². The summed E-state index contributed by atoms with van der Waals surface area (Å²) >= 11 is 0. The summed E-state index contributed by atoms with van der Waals surface area (Å²) in [7, 11) is 1.57. The van der Waals surface area contributed by atoms with E-state index in [1.807, 2.05) is 24.3 Å². The number of carbonyl (C=O) groups excluding carboxylic acids is 1. The van der Waals surface area contributed by atoms with Crippen molar-refractivity contribution in [3.63, 3.8) is 0 Å². The first-order valence-corrected chi connectivity index (χ1v) is 5.68.